The lowest BCUT2D eigenvalue weighted by atomic mass is 9.98. The minimum atomic E-state index is -1.11. The number of alkyl carbamates (subject to hydrolysis) is 2. The number of carboxylic acid groups (broad SMARTS) is 1. The maximum Gasteiger partial charge on any atom is 0.407 e. The van der Waals surface area contributed by atoms with E-state index in [9.17, 15) is 14.4 Å². The summed E-state index contributed by atoms with van der Waals surface area (Å²) >= 11 is 0. The zero-order valence-corrected chi connectivity index (χ0v) is 18.4. The Kier molecular flexibility index (Phi) is 7.02. The Bertz CT molecular complexity index is 952. The maximum atomic E-state index is 12.3. The summed E-state index contributed by atoms with van der Waals surface area (Å²) in [4.78, 5) is 35.4. The third-order valence-corrected chi connectivity index (χ3v) is 4.98. The molecule has 3 rings (SSSR count). The molecule has 0 saturated heterocycles. The van der Waals surface area contributed by atoms with E-state index in [1.165, 1.54) is 0 Å². The Morgan fingerprint density at radius 1 is 0.969 bits per heavy atom. The molecular weight excluding hydrogens is 412 g/mol. The molecule has 0 fully saturated rings. The smallest absolute Gasteiger partial charge is 0.407 e. The van der Waals surface area contributed by atoms with E-state index >= 15 is 0 Å². The van der Waals surface area contributed by atoms with Crippen LogP contribution in [0.5, 0.6) is 0 Å². The third kappa shape index (κ3) is 6.00. The molecule has 0 heterocycles. The number of benzene rings is 2. The minimum Gasteiger partial charge on any atom is -0.481 e. The van der Waals surface area contributed by atoms with Gasteiger partial charge in [0, 0.05) is 12.5 Å². The van der Waals surface area contributed by atoms with Gasteiger partial charge in [-0.1, -0.05) is 48.5 Å². The average Bonchev–Trinajstić information content (AvgIpc) is 3.02. The Hall–Kier alpha value is -3.55. The number of ether oxygens (including phenoxy) is 2. The summed E-state index contributed by atoms with van der Waals surface area (Å²) in [5.41, 5.74) is 3.71. The standard InChI is InChI=1S/C24H28N2O6/c1-24(2,3)32-23(30)26-15(12-21(27)28)13-25-22(29)31-14-20-18-10-6-4-8-16(18)17-9-5-7-11-19(17)20/h4-11,15,20H,12-14H2,1-3H3,(H,25,29)(H,26,30)(H,27,28)/t15-/m1/s1. The van der Waals surface area contributed by atoms with Crippen molar-refractivity contribution in [2.24, 2.45) is 0 Å². The van der Waals surface area contributed by atoms with Crippen molar-refractivity contribution >= 4 is 18.2 Å². The molecule has 0 saturated carbocycles. The van der Waals surface area contributed by atoms with Gasteiger partial charge in [-0.2, -0.15) is 0 Å². The van der Waals surface area contributed by atoms with E-state index in [2.05, 4.69) is 10.6 Å². The second-order valence-corrected chi connectivity index (χ2v) is 8.65. The lowest BCUT2D eigenvalue weighted by molar-refractivity contribution is -0.137. The molecule has 32 heavy (non-hydrogen) atoms. The molecule has 1 atom stereocenters. The van der Waals surface area contributed by atoms with Crippen molar-refractivity contribution in [2.75, 3.05) is 13.2 Å². The first kappa shape index (κ1) is 23.1. The van der Waals surface area contributed by atoms with Crippen molar-refractivity contribution in [2.45, 2.75) is 44.8 Å². The van der Waals surface area contributed by atoms with Crippen LogP contribution < -0.4 is 10.6 Å². The largest absolute Gasteiger partial charge is 0.481 e. The maximum absolute atomic E-state index is 12.3. The predicted octanol–water partition coefficient (Wildman–Crippen LogP) is 3.89. The van der Waals surface area contributed by atoms with E-state index < -0.39 is 29.8 Å². The van der Waals surface area contributed by atoms with E-state index in [0.717, 1.165) is 22.3 Å². The fourth-order valence-corrected chi connectivity index (χ4v) is 3.72. The lowest BCUT2D eigenvalue weighted by Crippen LogP contribution is -2.46. The number of aliphatic carboxylic acids is 1. The fraction of sp³-hybridized carbons (Fsp3) is 0.375. The summed E-state index contributed by atoms with van der Waals surface area (Å²) < 4.78 is 10.6. The van der Waals surface area contributed by atoms with Crippen LogP contribution >= 0.6 is 0 Å². The molecule has 1 aliphatic carbocycles. The summed E-state index contributed by atoms with van der Waals surface area (Å²) in [5, 5.41) is 14.1. The number of carbonyl (C=O) groups is 3. The van der Waals surface area contributed by atoms with Crippen LogP contribution in [0.3, 0.4) is 0 Å². The summed E-state index contributed by atoms with van der Waals surface area (Å²) in [7, 11) is 0. The normalized spacial score (nSPS) is 13.5. The van der Waals surface area contributed by atoms with Gasteiger partial charge in [-0.3, -0.25) is 4.79 Å². The third-order valence-electron chi connectivity index (χ3n) is 4.98. The quantitative estimate of drug-likeness (QED) is 0.602. The Morgan fingerprint density at radius 2 is 1.53 bits per heavy atom. The van der Waals surface area contributed by atoms with Crippen LogP contribution in [0.2, 0.25) is 0 Å². The van der Waals surface area contributed by atoms with E-state index in [1.54, 1.807) is 20.8 Å². The molecule has 0 aliphatic heterocycles. The number of carbonyl (C=O) groups excluding carboxylic acids is 2. The van der Waals surface area contributed by atoms with Gasteiger partial charge < -0.3 is 25.2 Å². The highest BCUT2D eigenvalue weighted by molar-refractivity contribution is 5.79. The first-order valence-electron chi connectivity index (χ1n) is 10.4. The van der Waals surface area contributed by atoms with Gasteiger partial charge >= 0.3 is 18.2 Å². The SMILES string of the molecule is CC(C)(C)OC(=O)N[C@@H](CNC(=O)OCC1c2ccccc2-c2ccccc21)CC(=O)O. The topological polar surface area (TPSA) is 114 Å². The fourth-order valence-electron chi connectivity index (χ4n) is 3.72. The van der Waals surface area contributed by atoms with Crippen LogP contribution in [0.1, 0.15) is 44.2 Å². The first-order chi connectivity index (χ1) is 15.1. The molecular formula is C24H28N2O6. The second-order valence-electron chi connectivity index (χ2n) is 8.65. The van der Waals surface area contributed by atoms with Gasteiger partial charge in [0.1, 0.15) is 12.2 Å². The number of hydrogen-bond donors (Lipinski definition) is 3. The summed E-state index contributed by atoms with van der Waals surface area (Å²) in [6.45, 7) is 5.14. The monoisotopic (exact) mass is 440 g/mol. The number of rotatable bonds is 7. The number of hydrogen-bond acceptors (Lipinski definition) is 5. The van der Waals surface area contributed by atoms with Crippen molar-refractivity contribution in [1.82, 2.24) is 10.6 Å². The highest BCUT2D eigenvalue weighted by atomic mass is 16.6. The molecule has 2 aromatic rings. The molecule has 8 heteroatoms. The van der Waals surface area contributed by atoms with Gasteiger partial charge in [0.25, 0.3) is 0 Å². The molecule has 0 radical (unpaired) electrons. The van der Waals surface area contributed by atoms with Crippen LogP contribution in [0.4, 0.5) is 9.59 Å². The van der Waals surface area contributed by atoms with E-state index in [0.29, 0.717) is 0 Å². The zero-order chi connectivity index (χ0) is 23.3. The van der Waals surface area contributed by atoms with Gasteiger partial charge in [-0.15, -0.1) is 0 Å². The van der Waals surface area contributed by atoms with Crippen molar-refractivity contribution in [3.05, 3.63) is 59.7 Å². The van der Waals surface area contributed by atoms with Crippen molar-refractivity contribution in [3.8, 4) is 11.1 Å². The van der Waals surface area contributed by atoms with Crippen molar-refractivity contribution in [1.29, 1.82) is 0 Å². The number of fused-ring (bicyclic) bond motifs is 3. The molecule has 0 bridgehead atoms. The van der Waals surface area contributed by atoms with Crippen LogP contribution in [0, 0.1) is 0 Å². The van der Waals surface area contributed by atoms with E-state index in [-0.39, 0.29) is 25.5 Å². The van der Waals surface area contributed by atoms with Gasteiger partial charge in [-0.25, -0.2) is 9.59 Å². The molecule has 2 aromatic carbocycles. The van der Waals surface area contributed by atoms with Crippen LogP contribution in [0.25, 0.3) is 11.1 Å². The Balaban J connectivity index is 1.57. The highest BCUT2D eigenvalue weighted by Gasteiger charge is 2.29. The van der Waals surface area contributed by atoms with Crippen LogP contribution in [-0.4, -0.2) is 48.1 Å². The van der Waals surface area contributed by atoms with Crippen LogP contribution in [-0.2, 0) is 14.3 Å². The summed E-state index contributed by atoms with van der Waals surface area (Å²) in [5.74, 6) is -1.19. The molecule has 0 aromatic heterocycles. The second kappa shape index (κ2) is 9.72. The minimum absolute atomic E-state index is 0.0807. The Labute approximate surface area is 186 Å². The predicted molar refractivity (Wildman–Crippen MR) is 118 cm³/mol. The average molecular weight is 440 g/mol. The first-order valence-corrected chi connectivity index (χ1v) is 10.4. The molecule has 1 aliphatic rings. The number of nitrogens with one attached hydrogen (secondary N) is 2. The summed E-state index contributed by atoms with van der Waals surface area (Å²) in [6.07, 6.45) is -1.81. The van der Waals surface area contributed by atoms with E-state index in [4.69, 9.17) is 14.6 Å². The lowest BCUT2D eigenvalue weighted by Gasteiger charge is -2.23. The van der Waals surface area contributed by atoms with Crippen molar-refractivity contribution in [3.63, 3.8) is 0 Å². The van der Waals surface area contributed by atoms with E-state index in [1.807, 2.05) is 48.5 Å². The van der Waals surface area contributed by atoms with Crippen LogP contribution in [0.15, 0.2) is 48.5 Å². The molecule has 0 unspecified atom stereocenters. The van der Waals surface area contributed by atoms with Crippen molar-refractivity contribution < 1.29 is 29.0 Å². The summed E-state index contributed by atoms with van der Waals surface area (Å²) in [6, 6.07) is 15.2. The molecule has 170 valence electrons. The molecule has 2 amide bonds. The van der Waals surface area contributed by atoms with Gasteiger partial charge in [-0.05, 0) is 43.0 Å². The Morgan fingerprint density at radius 3 is 2.06 bits per heavy atom. The molecule has 8 nitrogen and oxygen atoms in total. The van der Waals surface area contributed by atoms with Gasteiger partial charge in [0.15, 0.2) is 0 Å². The molecule has 3 N–H and O–H groups in total. The number of carboxylic acids is 1. The highest BCUT2D eigenvalue weighted by Crippen LogP contribution is 2.44. The van der Waals surface area contributed by atoms with Gasteiger partial charge in [0.05, 0.1) is 12.5 Å². The van der Waals surface area contributed by atoms with Gasteiger partial charge in [0.2, 0.25) is 0 Å². The molecule has 0 spiro atoms. The zero-order valence-electron chi connectivity index (χ0n) is 18.4. The number of amides is 2.